The van der Waals surface area contributed by atoms with Crippen LogP contribution in [0.2, 0.25) is 0 Å². The van der Waals surface area contributed by atoms with E-state index in [0.717, 1.165) is 34.8 Å². The highest BCUT2D eigenvalue weighted by Gasteiger charge is 2.31. The molecular formula is C19H17F2N3O. The second-order valence-corrected chi connectivity index (χ2v) is 6.20. The van der Waals surface area contributed by atoms with E-state index >= 15 is 0 Å². The number of halogens is 2. The Bertz CT molecular complexity index is 926. The van der Waals surface area contributed by atoms with Gasteiger partial charge in [0.05, 0.1) is 11.6 Å². The first kappa shape index (κ1) is 15.9. The fraction of sp³-hybridized carbons (Fsp3) is 0.263. The zero-order valence-corrected chi connectivity index (χ0v) is 13.7. The summed E-state index contributed by atoms with van der Waals surface area (Å²) in [5, 5.41) is 4.37. The van der Waals surface area contributed by atoms with Gasteiger partial charge in [0.2, 0.25) is 0 Å². The van der Waals surface area contributed by atoms with Crippen LogP contribution in [0.25, 0.3) is 10.9 Å². The number of rotatable bonds is 3. The van der Waals surface area contributed by atoms with Gasteiger partial charge in [-0.25, -0.2) is 18.7 Å². The normalized spacial score (nSPS) is 20.1. The number of aromatic nitrogens is 2. The molecule has 1 N–H and O–H groups in total. The van der Waals surface area contributed by atoms with Crippen LogP contribution >= 0.6 is 0 Å². The van der Waals surface area contributed by atoms with E-state index in [1.54, 1.807) is 6.07 Å². The fourth-order valence-electron chi connectivity index (χ4n) is 3.32. The summed E-state index contributed by atoms with van der Waals surface area (Å²) in [4.78, 5) is 8.68. The van der Waals surface area contributed by atoms with E-state index in [2.05, 4.69) is 15.3 Å². The number of nitrogens with zero attached hydrogens (tertiary/aromatic N) is 2. The van der Waals surface area contributed by atoms with Crippen LogP contribution in [0.15, 0.2) is 42.7 Å². The molecule has 4 rings (SSSR count). The van der Waals surface area contributed by atoms with Gasteiger partial charge >= 0.3 is 0 Å². The van der Waals surface area contributed by atoms with Crippen LogP contribution in [0.1, 0.15) is 23.7 Å². The number of ether oxygens (including phenoxy) is 1. The van der Waals surface area contributed by atoms with Crippen molar-refractivity contribution in [2.75, 3.05) is 11.9 Å². The van der Waals surface area contributed by atoms with Crippen LogP contribution in [0, 0.1) is 18.6 Å². The molecule has 1 fully saturated rings. The van der Waals surface area contributed by atoms with Gasteiger partial charge in [0.25, 0.3) is 0 Å². The Balaban J connectivity index is 1.67. The van der Waals surface area contributed by atoms with Gasteiger partial charge in [-0.3, -0.25) is 0 Å². The summed E-state index contributed by atoms with van der Waals surface area (Å²) in [5.41, 5.74) is 2.55. The number of benzene rings is 2. The second-order valence-electron chi connectivity index (χ2n) is 6.20. The molecule has 3 aromatic rings. The van der Waals surface area contributed by atoms with Gasteiger partial charge in [-0.1, -0.05) is 18.2 Å². The number of hydrogen-bond donors (Lipinski definition) is 1. The Morgan fingerprint density at radius 1 is 1.12 bits per heavy atom. The predicted octanol–water partition coefficient (Wildman–Crippen LogP) is 4.16. The molecule has 4 nitrogen and oxygen atoms in total. The van der Waals surface area contributed by atoms with Gasteiger partial charge in [-0.2, -0.15) is 0 Å². The van der Waals surface area contributed by atoms with Gasteiger partial charge < -0.3 is 10.1 Å². The molecule has 128 valence electrons. The summed E-state index contributed by atoms with van der Waals surface area (Å²) in [6.07, 6.45) is 1.91. The molecule has 1 saturated heterocycles. The number of aryl methyl sites for hydroxylation is 1. The largest absolute Gasteiger partial charge is 0.371 e. The minimum atomic E-state index is -0.866. The Hall–Kier alpha value is -2.60. The molecular weight excluding hydrogens is 324 g/mol. The number of anilines is 1. The third-order valence-corrected chi connectivity index (χ3v) is 4.56. The summed E-state index contributed by atoms with van der Waals surface area (Å²) in [6, 6.07) is 9.71. The maximum atomic E-state index is 13.6. The van der Waals surface area contributed by atoms with Crippen LogP contribution in [0.4, 0.5) is 14.6 Å². The third kappa shape index (κ3) is 2.93. The number of fused-ring (bicyclic) bond motifs is 1. The predicted molar refractivity (Wildman–Crippen MR) is 91.4 cm³/mol. The highest BCUT2D eigenvalue weighted by Crippen LogP contribution is 2.33. The smallest absolute Gasteiger partial charge is 0.159 e. The highest BCUT2D eigenvalue weighted by molar-refractivity contribution is 5.91. The molecule has 2 atom stereocenters. The molecule has 1 aliphatic rings. The third-order valence-electron chi connectivity index (χ3n) is 4.56. The Kier molecular flexibility index (Phi) is 4.05. The molecule has 2 unspecified atom stereocenters. The SMILES string of the molecule is Cc1cccc2ncnc(NC3CCOC3c3ccc(F)c(F)c3)c12. The van der Waals surface area contributed by atoms with Crippen LogP contribution < -0.4 is 5.32 Å². The summed E-state index contributed by atoms with van der Waals surface area (Å²) < 4.78 is 32.5. The topological polar surface area (TPSA) is 47.0 Å². The lowest BCUT2D eigenvalue weighted by Crippen LogP contribution is -2.24. The molecule has 0 saturated carbocycles. The van der Waals surface area contributed by atoms with E-state index in [0.29, 0.717) is 12.2 Å². The lowest BCUT2D eigenvalue weighted by molar-refractivity contribution is 0.107. The van der Waals surface area contributed by atoms with Crippen LogP contribution in [0.3, 0.4) is 0 Å². The average molecular weight is 341 g/mol. The quantitative estimate of drug-likeness (QED) is 0.777. The van der Waals surface area contributed by atoms with Crippen molar-refractivity contribution in [3.63, 3.8) is 0 Å². The van der Waals surface area contributed by atoms with Gasteiger partial charge in [0, 0.05) is 12.0 Å². The van der Waals surface area contributed by atoms with Crippen molar-refractivity contribution >= 4 is 16.7 Å². The minimum Gasteiger partial charge on any atom is -0.371 e. The molecule has 0 bridgehead atoms. The first-order valence-electron chi connectivity index (χ1n) is 8.17. The molecule has 0 radical (unpaired) electrons. The minimum absolute atomic E-state index is 0.0810. The number of nitrogens with one attached hydrogen (secondary N) is 1. The molecule has 2 heterocycles. The summed E-state index contributed by atoms with van der Waals surface area (Å²) in [6.45, 7) is 2.55. The van der Waals surface area contributed by atoms with Crippen molar-refractivity contribution < 1.29 is 13.5 Å². The molecule has 25 heavy (non-hydrogen) atoms. The first-order valence-corrected chi connectivity index (χ1v) is 8.17. The van der Waals surface area contributed by atoms with E-state index in [1.807, 2.05) is 25.1 Å². The van der Waals surface area contributed by atoms with E-state index in [-0.39, 0.29) is 12.1 Å². The van der Waals surface area contributed by atoms with Crippen molar-refractivity contribution in [1.82, 2.24) is 9.97 Å². The average Bonchev–Trinajstić information content (AvgIpc) is 3.06. The molecule has 1 aromatic heterocycles. The molecule has 0 aliphatic carbocycles. The first-order chi connectivity index (χ1) is 12.1. The van der Waals surface area contributed by atoms with E-state index in [4.69, 9.17) is 4.74 Å². The van der Waals surface area contributed by atoms with Crippen LogP contribution in [-0.2, 0) is 4.74 Å². The van der Waals surface area contributed by atoms with Gasteiger partial charge in [-0.15, -0.1) is 0 Å². The zero-order chi connectivity index (χ0) is 17.4. The lowest BCUT2D eigenvalue weighted by Gasteiger charge is -2.22. The molecule has 1 aliphatic heterocycles. The van der Waals surface area contributed by atoms with Gasteiger partial charge in [0.15, 0.2) is 11.6 Å². The monoisotopic (exact) mass is 341 g/mol. The highest BCUT2D eigenvalue weighted by atomic mass is 19.2. The molecule has 6 heteroatoms. The summed E-state index contributed by atoms with van der Waals surface area (Å²) >= 11 is 0. The van der Waals surface area contributed by atoms with Crippen molar-refractivity contribution in [3.8, 4) is 0 Å². The Morgan fingerprint density at radius 3 is 2.84 bits per heavy atom. The van der Waals surface area contributed by atoms with Crippen molar-refractivity contribution in [2.45, 2.75) is 25.5 Å². The maximum absolute atomic E-state index is 13.6. The number of hydrogen-bond acceptors (Lipinski definition) is 4. The molecule has 0 spiro atoms. The van der Waals surface area contributed by atoms with E-state index in [9.17, 15) is 8.78 Å². The maximum Gasteiger partial charge on any atom is 0.159 e. The molecule has 2 aromatic carbocycles. The Labute approximate surface area is 143 Å². The summed E-state index contributed by atoms with van der Waals surface area (Å²) in [7, 11) is 0. The van der Waals surface area contributed by atoms with Gasteiger partial charge in [0.1, 0.15) is 18.2 Å². The second kappa shape index (κ2) is 6.37. The van der Waals surface area contributed by atoms with Crippen molar-refractivity contribution in [3.05, 3.63) is 65.5 Å². The van der Waals surface area contributed by atoms with Gasteiger partial charge in [-0.05, 0) is 42.7 Å². The van der Waals surface area contributed by atoms with E-state index in [1.165, 1.54) is 12.4 Å². The Morgan fingerprint density at radius 2 is 2.00 bits per heavy atom. The summed E-state index contributed by atoms with van der Waals surface area (Å²) in [5.74, 6) is -0.995. The van der Waals surface area contributed by atoms with Crippen LogP contribution in [0.5, 0.6) is 0 Å². The van der Waals surface area contributed by atoms with Crippen molar-refractivity contribution in [1.29, 1.82) is 0 Å². The van der Waals surface area contributed by atoms with Crippen molar-refractivity contribution in [2.24, 2.45) is 0 Å². The van der Waals surface area contributed by atoms with Crippen LogP contribution in [-0.4, -0.2) is 22.6 Å². The zero-order valence-electron chi connectivity index (χ0n) is 13.7. The molecule has 0 amide bonds. The lowest BCUT2D eigenvalue weighted by atomic mass is 10.0. The standard InChI is InChI=1S/C19H17F2N3O/c1-11-3-2-4-15-17(11)19(23-10-22-15)24-16-7-8-25-18(16)12-5-6-13(20)14(21)9-12/h2-6,9-10,16,18H,7-8H2,1H3,(H,22,23,24). The van der Waals surface area contributed by atoms with E-state index < -0.39 is 11.6 Å². The fourth-order valence-corrected chi connectivity index (χ4v) is 3.32.